The van der Waals surface area contributed by atoms with Crippen LogP contribution >= 0.6 is 11.6 Å². The lowest BCUT2D eigenvalue weighted by Gasteiger charge is -2.38. The highest BCUT2D eigenvalue weighted by molar-refractivity contribution is 6.31. The number of carbonyl (C=O) groups is 2. The van der Waals surface area contributed by atoms with Crippen molar-refractivity contribution in [2.24, 2.45) is 0 Å². The summed E-state index contributed by atoms with van der Waals surface area (Å²) < 4.78 is 1.74. The number of carboxylic acids is 1. The van der Waals surface area contributed by atoms with Crippen LogP contribution in [0.2, 0.25) is 5.02 Å². The number of aliphatic carboxylic acids is 1. The number of amides is 1. The molecule has 0 aromatic carbocycles. The van der Waals surface area contributed by atoms with E-state index in [2.05, 4.69) is 5.32 Å². The van der Waals surface area contributed by atoms with Crippen molar-refractivity contribution in [3.8, 4) is 0 Å². The van der Waals surface area contributed by atoms with E-state index < -0.39 is 11.5 Å². The van der Waals surface area contributed by atoms with Crippen LogP contribution in [-0.4, -0.2) is 27.1 Å². The molecular weight excluding hydrogens is 268 g/mol. The Morgan fingerprint density at radius 3 is 2.53 bits per heavy atom. The van der Waals surface area contributed by atoms with Gasteiger partial charge in [-0.05, 0) is 39.2 Å². The van der Waals surface area contributed by atoms with Gasteiger partial charge in [0, 0.05) is 12.2 Å². The van der Waals surface area contributed by atoms with Crippen molar-refractivity contribution in [3.63, 3.8) is 0 Å². The third kappa shape index (κ3) is 2.47. The first kappa shape index (κ1) is 13.9. The molecule has 0 spiro atoms. The highest BCUT2D eigenvalue weighted by Crippen LogP contribution is 2.32. The Bertz CT molecular complexity index is 518. The van der Waals surface area contributed by atoms with Crippen LogP contribution in [0.1, 0.15) is 49.6 Å². The van der Waals surface area contributed by atoms with Crippen LogP contribution in [0, 0.1) is 0 Å². The monoisotopic (exact) mass is 284 g/mol. The number of hydrogen-bond acceptors (Lipinski definition) is 2. The first-order chi connectivity index (χ1) is 8.85. The van der Waals surface area contributed by atoms with Gasteiger partial charge >= 0.3 is 5.97 Å². The third-order valence-corrected chi connectivity index (χ3v) is 3.78. The maximum Gasteiger partial charge on any atom is 0.329 e. The fourth-order valence-electron chi connectivity index (χ4n) is 2.26. The Kier molecular flexibility index (Phi) is 3.58. The summed E-state index contributed by atoms with van der Waals surface area (Å²) >= 11 is 5.92. The van der Waals surface area contributed by atoms with Gasteiger partial charge in [0.25, 0.3) is 5.91 Å². The van der Waals surface area contributed by atoms with Gasteiger partial charge in [-0.25, -0.2) is 4.79 Å². The molecule has 0 radical (unpaired) electrons. The Balaban J connectivity index is 2.23. The van der Waals surface area contributed by atoms with E-state index in [4.69, 9.17) is 11.6 Å². The number of carbonyl (C=O) groups excluding carboxylic acids is 1. The Morgan fingerprint density at radius 2 is 2.11 bits per heavy atom. The molecule has 1 amide bonds. The molecular formula is C13H17ClN2O3. The smallest absolute Gasteiger partial charge is 0.329 e. The second kappa shape index (κ2) is 4.89. The van der Waals surface area contributed by atoms with E-state index in [1.165, 1.54) is 0 Å². The minimum absolute atomic E-state index is 0.0791. The highest BCUT2D eigenvalue weighted by atomic mass is 35.5. The topological polar surface area (TPSA) is 71.3 Å². The largest absolute Gasteiger partial charge is 0.480 e. The molecule has 0 bridgehead atoms. The zero-order chi connectivity index (χ0) is 14.2. The average Bonchev–Trinajstić information content (AvgIpc) is 2.65. The normalized spacial score (nSPS) is 17.1. The minimum atomic E-state index is -1.10. The van der Waals surface area contributed by atoms with Crippen molar-refractivity contribution in [1.29, 1.82) is 0 Å². The third-order valence-electron chi connectivity index (χ3n) is 3.57. The highest BCUT2D eigenvalue weighted by Gasteiger charge is 2.46. The van der Waals surface area contributed by atoms with Gasteiger partial charge in [-0.1, -0.05) is 11.6 Å². The summed E-state index contributed by atoms with van der Waals surface area (Å²) in [6.07, 6.45) is 3.45. The Labute approximate surface area is 116 Å². The molecule has 1 aromatic heterocycles. The van der Waals surface area contributed by atoms with E-state index in [1.807, 2.05) is 13.8 Å². The number of nitrogens with one attached hydrogen (secondary N) is 1. The molecule has 1 heterocycles. The van der Waals surface area contributed by atoms with Gasteiger partial charge in [0.15, 0.2) is 0 Å². The molecule has 0 atom stereocenters. The summed E-state index contributed by atoms with van der Waals surface area (Å²) in [7, 11) is 0. The molecule has 104 valence electrons. The van der Waals surface area contributed by atoms with Gasteiger partial charge in [0.05, 0.1) is 5.02 Å². The van der Waals surface area contributed by atoms with Crippen molar-refractivity contribution in [3.05, 3.63) is 23.0 Å². The lowest BCUT2D eigenvalue weighted by molar-refractivity contribution is -0.148. The van der Waals surface area contributed by atoms with E-state index in [0.29, 0.717) is 23.6 Å². The molecule has 1 aliphatic rings. The fraction of sp³-hybridized carbons (Fsp3) is 0.538. The first-order valence-electron chi connectivity index (χ1n) is 6.29. The van der Waals surface area contributed by atoms with Crippen LogP contribution < -0.4 is 5.32 Å². The number of halogens is 1. The maximum absolute atomic E-state index is 12.2. The van der Waals surface area contributed by atoms with E-state index in [9.17, 15) is 14.7 Å². The SMILES string of the molecule is CC(C)n1cc(Cl)cc1C(=O)NC1(C(=O)O)CCC1. The van der Waals surface area contributed by atoms with Crippen molar-refractivity contribution >= 4 is 23.5 Å². The van der Waals surface area contributed by atoms with Gasteiger partial charge in [-0.15, -0.1) is 0 Å². The lowest BCUT2D eigenvalue weighted by atomic mass is 9.76. The van der Waals surface area contributed by atoms with Gasteiger partial charge in [-0.3, -0.25) is 4.79 Å². The van der Waals surface area contributed by atoms with Gasteiger partial charge < -0.3 is 15.0 Å². The standard InChI is InChI=1S/C13H17ClN2O3/c1-8(2)16-7-9(14)6-10(16)11(17)15-13(12(18)19)4-3-5-13/h6-8H,3-5H2,1-2H3,(H,15,17)(H,18,19). The lowest BCUT2D eigenvalue weighted by Crippen LogP contribution is -2.59. The molecule has 1 aromatic rings. The van der Waals surface area contributed by atoms with Crippen LogP contribution in [0.3, 0.4) is 0 Å². The molecule has 0 aliphatic heterocycles. The number of carboxylic acid groups (broad SMARTS) is 1. The van der Waals surface area contributed by atoms with Gasteiger partial charge in [0.1, 0.15) is 11.2 Å². The van der Waals surface area contributed by atoms with E-state index in [0.717, 1.165) is 6.42 Å². The predicted molar refractivity (Wildman–Crippen MR) is 71.5 cm³/mol. The van der Waals surface area contributed by atoms with E-state index in [-0.39, 0.29) is 11.9 Å². The quantitative estimate of drug-likeness (QED) is 0.892. The Hall–Kier alpha value is -1.49. The van der Waals surface area contributed by atoms with Gasteiger partial charge in [-0.2, -0.15) is 0 Å². The average molecular weight is 285 g/mol. The number of nitrogens with zero attached hydrogens (tertiary/aromatic N) is 1. The van der Waals surface area contributed by atoms with Crippen LogP contribution in [0.25, 0.3) is 0 Å². The summed E-state index contributed by atoms with van der Waals surface area (Å²) in [5.74, 6) is -1.36. The molecule has 0 saturated heterocycles. The van der Waals surface area contributed by atoms with Crippen molar-refractivity contribution < 1.29 is 14.7 Å². The van der Waals surface area contributed by atoms with E-state index >= 15 is 0 Å². The number of rotatable bonds is 4. The summed E-state index contributed by atoms with van der Waals surface area (Å²) in [5.41, 5.74) is -0.706. The summed E-state index contributed by atoms with van der Waals surface area (Å²) in [6, 6.07) is 1.64. The van der Waals surface area contributed by atoms with Crippen LogP contribution in [-0.2, 0) is 4.79 Å². The molecule has 2 rings (SSSR count). The molecule has 1 fully saturated rings. The first-order valence-corrected chi connectivity index (χ1v) is 6.67. The van der Waals surface area contributed by atoms with Crippen molar-refractivity contribution in [2.75, 3.05) is 0 Å². The van der Waals surface area contributed by atoms with Crippen molar-refractivity contribution in [1.82, 2.24) is 9.88 Å². The maximum atomic E-state index is 12.2. The molecule has 5 nitrogen and oxygen atoms in total. The predicted octanol–water partition coefficient (Wildman–Crippen LogP) is 2.46. The summed E-state index contributed by atoms with van der Waals surface area (Å²) in [5, 5.41) is 12.3. The van der Waals surface area contributed by atoms with Gasteiger partial charge in [0.2, 0.25) is 0 Å². The second-order valence-electron chi connectivity index (χ2n) is 5.24. The molecule has 6 heteroatoms. The zero-order valence-corrected chi connectivity index (χ0v) is 11.7. The molecule has 1 aliphatic carbocycles. The van der Waals surface area contributed by atoms with Crippen LogP contribution in [0.5, 0.6) is 0 Å². The van der Waals surface area contributed by atoms with Crippen LogP contribution in [0.15, 0.2) is 12.3 Å². The Morgan fingerprint density at radius 1 is 1.47 bits per heavy atom. The molecule has 2 N–H and O–H groups in total. The fourth-order valence-corrected chi connectivity index (χ4v) is 2.47. The molecule has 19 heavy (non-hydrogen) atoms. The number of aromatic nitrogens is 1. The summed E-state index contributed by atoms with van der Waals surface area (Å²) in [6.45, 7) is 3.87. The summed E-state index contributed by atoms with van der Waals surface area (Å²) in [4.78, 5) is 23.5. The minimum Gasteiger partial charge on any atom is -0.480 e. The van der Waals surface area contributed by atoms with E-state index in [1.54, 1.807) is 16.8 Å². The molecule has 1 saturated carbocycles. The second-order valence-corrected chi connectivity index (χ2v) is 5.68. The zero-order valence-electron chi connectivity index (χ0n) is 10.9. The van der Waals surface area contributed by atoms with Crippen LogP contribution in [0.4, 0.5) is 0 Å². The number of hydrogen-bond donors (Lipinski definition) is 2. The molecule has 0 unspecified atom stereocenters. The van der Waals surface area contributed by atoms with Crippen molar-refractivity contribution in [2.45, 2.75) is 44.7 Å².